The van der Waals surface area contributed by atoms with E-state index in [-0.39, 0.29) is 43.6 Å². The zero-order chi connectivity index (χ0) is 25.6. The maximum Gasteiger partial charge on any atom is 0.305 e. The summed E-state index contributed by atoms with van der Waals surface area (Å²) in [5.41, 5.74) is 0. The molecule has 0 saturated heterocycles. The molecular weight excluding hydrogens is 466 g/mol. The summed E-state index contributed by atoms with van der Waals surface area (Å²) in [6, 6.07) is 0. The molecule has 1 aliphatic rings. The molecule has 200 valence electrons. The first kappa shape index (κ1) is 30.8. The quantitative estimate of drug-likeness (QED) is 0.135. The van der Waals surface area contributed by atoms with E-state index in [9.17, 15) is 19.2 Å². The summed E-state index contributed by atoms with van der Waals surface area (Å²) in [5, 5.41) is 8.45. The van der Waals surface area contributed by atoms with Crippen LogP contribution in [0.3, 0.4) is 0 Å². The van der Waals surface area contributed by atoms with Gasteiger partial charge in [-0.2, -0.15) is 0 Å². The topological polar surface area (TPSA) is 147 Å². The number of ether oxygens (including phenoxy) is 6. The number of Topliss-reactive ketones (excluding diaryl/α,β-unsaturated/α-hetero) is 1. The van der Waals surface area contributed by atoms with E-state index in [1.807, 2.05) is 0 Å². The summed E-state index contributed by atoms with van der Waals surface area (Å²) in [7, 11) is 0. The molecule has 0 fully saturated rings. The Labute approximate surface area is 205 Å². The molecule has 12 heteroatoms. The second kappa shape index (κ2) is 21.1. The van der Waals surface area contributed by atoms with Gasteiger partial charge in [-0.3, -0.25) is 24.1 Å². The molecule has 0 spiro atoms. The van der Waals surface area contributed by atoms with Crippen LogP contribution in [0.25, 0.3) is 0 Å². The predicted molar refractivity (Wildman–Crippen MR) is 122 cm³/mol. The van der Waals surface area contributed by atoms with Crippen molar-refractivity contribution in [1.82, 2.24) is 4.90 Å². The van der Waals surface area contributed by atoms with Crippen molar-refractivity contribution in [2.24, 2.45) is 0 Å². The Kier molecular flexibility index (Phi) is 18.6. The standard InChI is InChI=1S/C23H37NO11/c25-20(5-7-24-21(26)3-4-22(24)27)2-1-8-30-10-12-32-14-16-34-18-19-35-17-15-33-13-11-31-9-6-23(28)29/h3-4H,1-2,5-19H2,(H,28,29). The molecule has 0 bridgehead atoms. The van der Waals surface area contributed by atoms with Crippen molar-refractivity contribution < 1.29 is 52.7 Å². The van der Waals surface area contributed by atoms with Crippen LogP contribution in [0, 0.1) is 0 Å². The van der Waals surface area contributed by atoms with Crippen molar-refractivity contribution in [3.05, 3.63) is 12.2 Å². The van der Waals surface area contributed by atoms with Crippen LogP contribution in [0.2, 0.25) is 0 Å². The molecule has 0 unspecified atom stereocenters. The van der Waals surface area contributed by atoms with E-state index in [1.165, 1.54) is 12.2 Å². The minimum Gasteiger partial charge on any atom is -0.481 e. The molecule has 1 aliphatic heterocycles. The molecular formula is C23H37NO11. The molecule has 35 heavy (non-hydrogen) atoms. The van der Waals surface area contributed by atoms with E-state index in [0.29, 0.717) is 85.5 Å². The number of carbonyl (C=O) groups excluding carboxylic acids is 3. The minimum atomic E-state index is -0.885. The molecule has 1 heterocycles. The predicted octanol–water partition coefficient (Wildman–Crippen LogP) is 0.225. The summed E-state index contributed by atoms with van der Waals surface area (Å²) in [6.07, 6.45) is 3.48. The Morgan fingerprint density at radius 3 is 1.43 bits per heavy atom. The van der Waals surface area contributed by atoms with Crippen LogP contribution < -0.4 is 0 Å². The molecule has 0 aromatic carbocycles. The van der Waals surface area contributed by atoms with Gasteiger partial charge in [0.15, 0.2) is 0 Å². The molecule has 0 aromatic rings. The average molecular weight is 504 g/mol. The fourth-order valence-corrected chi connectivity index (χ4v) is 2.75. The van der Waals surface area contributed by atoms with Gasteiger partial charge in [0.05, 0.1) is 79.1 Å². The van der Waals surface area contributed by atoms with Gasteiger partial charge in [-0.25, -0.2) is 0 Å². The third-order valence-corrected chi connectivity index (χ3v) is 4.58. The molecule has 0 radical (unpaired) electrons. The van der Waals surface area contributed by atoms with Gasteiger partial charge in [0, 0.05) is 38.1 Å². The minimum absolute atomic E-state index is 0.00873. The van der Waals surface area contributed by atoms with Gasteiger partial charge in [0.25, 0.3) is 11.8 Å². The van der Waals surface area contributed by atoms with E-state index >= 15 is 0 Å². The van der Waals surface area contributed by atoms with Gasteiger partial charge in [-0.1, -0.05) is 0 Å². The number of carboxylic acids is 1. The monoisotopic (exact) mass is 503 g/mol. The second-order valence-corrected chi connectivity index (χ2v) is 7.37. The van der Waals surface area contributed by atoms with E-state index in [1.54, 1.807) is 0 Å². The Morgan fingerprint density at radius 1 is 0.600 bits per heavy atom. The highest BCUT2D eigenvalue weighted by Gasteiger charge is 2.23. The first-order chi connectivity index (χ1) is 17.0. The SMILES string of the molecule is O=C(O)CCOCCOCCOCCOCCOCCOCCCC(=O)CCN1C(=O)C=CC1=O. The summed E-state index contributed by atoms with van der Waals surface area (Å²) < 4.78 is 31.9. The number of amides is 2. The fourth-order valence-electron chi connectivity index (χ4n) is 2.75. The maximum atomic E-state index is 11.8. The van der Waals surface area contributed by atoms with Crippen molar-refractivity contribution in [3.63, 3.8) is 0 Å². The largest absolute Gasteiger partial charge is 0.481 e. The lowest BCUT2D eigenvalue weighted by Gasteiger charge is -2.12. The first-order valence-corrected chi connectivity index (χ1v) is 11.7. The number of hydrogen-bond acceptors (Lipinski definition) is 10. The number of ketones is 1. The number of aliphatic carboxylic acids is 1. The molecule has 0 aliphatic carbocycles. The Bertz CT molecular complexity index is 635. The average Bonchev–Trinajstić information content (AvgIpc) is 3.15. The van der Waals surface area contributed by atoms with Crippen LogP contribution in [0.15, 0.2) is 12.2 Å². The highest BCUT2D eigenvalue weighted by Crippen LogP contribution is 2.06. The highest BCUT2D eigenvalue weighted by molar-refractivity contribution is 6.13. The molecule has 0 atom stereocenters. The van der Waals surface area contributed by atoms with E-state index in [4.69, 9.17) is 33.5 Å². The fraction of sp³-hybridized carbons (Fsp3) is 0.739. The lowest BCUT2D eigenvalue weighted by atomic mass is 10.1. The van der Waals surface area contributed by atoms with Gasteiger partial charge in [-0.05, 0) is 6.42 Å². The van der Waals surface area contributed by atoms with Crippen LogP contribution in [-0.4, -0.2) is 119 Å². The number of hydrogen-bond donors (Lipinski definition) is 1. The van der Waals surface area contributed by atoms with Crippen LogP contribution in [-0.2, 0) is 47.6 Å². The lowest BCUT2D eigenvalue weighted by Crippen LogP contribution is -2.32. The van der Waals surface area contributed by atoms with Crippen molar-refractivity contribution in [1.29, 1.82) is 0 Å². The van der Waals surface area contributed by atoms with Crippen LogP contribution in [0.5, 0.6) is 0 Å². The molecule has 1 rings (SSSR count). The second-order valence-electron chi connectivity index (χ2n) is 7.37. The molecule has 2 amide bonds. The van der Waals surface area contributed by atoms with Gasteiger partial charge >= 0.3 is 5.97 Å². The Hall–Kier alpha value is -2.22. The third kappa shape index (κ3) is 17.8. The molecule has 12 nitrogen and oxygen atoms in total. The van der Waals surface area contributed by atoms with Gasteiger partial charge in [-0.15, -0.1) is 0 Å². The van der Waals surface area contributed by atoms with Gasteiger partial charge < -0.3 is 33.5 Å². The molecule has 0 aromatic heterocycles. The van der Waals surface area contributed by atoms with Crippen molar-refractivity contribution in [2.75, 3.05) is 85.8 Å². The lowest BCUT2D eigenvalue weighted by molar-refractivity contribution is -0.139. The number of rotatable bonds is 25. The summed E-state index contributed by atoms with van der Waals surface area (Å²) in [6.45, 7) is 4.98. The van der Waals surface area contributed by atoms with E-state index in [2.05, 4.69) is 0 Å². The van der Waals surface area contributed by atoms with Crippen molar-refractivity contribution in [3.8, 4) is 0 Å². The van der Waals surface area contributed by atoms with Gasteiger partial charge in [0.1, 0.15) is 5.78 Å². The third-order valence-electron chi connectivity index (χ3n) is 4.58. The highest BCUT2D eigenvalue weighted by atomic mass is 16.6. The van der Waals surface area contributed by atoms with Crippen molar-refractivity contribution >= 4 is 23.6 Å². The number of carboxylic acid groups (broad SMARTS) is 1. The summed E-state index contributed by atoms with van der Waals surface area (Å²) in [5.74, 6) is -1.64. The summed E-state index contributed by atoms with van der Waals surface area (Å²) in [4.78, 5) is 46.0. The Morgan fingerprint density at radius 2 is 1.00 bits per heavy atom. The molecule has 1 N–H and O–H groups in total. The number of carbonyl (C=O) groups is 4. The van der Waals surface area contributed by atoms with Gasteiger partial charge in [0.2, 0.25) is 0 Å². The maximum absolute atomic E-state index is 11.8. The summed E-state index contributed by atoms with van der Waals surface area (Å²) >= 11 is 0. The molecule has 0 saturated carbocycles. The zero-order valence-electron chi connectivity index (χ0n) is 20.2. The number of nitrogens with zero attached hydrogens (tertiary/aromatic N) is 1. The Balaban J connectivity index is 1.72. The van der Waals surface area contributed by atoms with Crippen LogP contribution in [0.1, 0.15) is 25.7 Å². The smallest absolute Gasteiger partial charge is 0.305 e. The number of imide groups is 1. The zero-order valence-corrected chi connectivity index (χ0v) is 20.2. The van der Waals surface area contributed by atoms with Crippen molar-refractivity contribution in [2.45, 2.75) is 25.7 Å². The van der Waals surface area contributed by atoms with E-state index < -0.39 is 5.97 Å². The van der Waals surface area contributed by atoms with Crippen LogP contribution >= 0.6 is 0 Å². The van der Waals surface area contributed by atoms with Crippen LogP contribution in [0.4, 0.5) is 0 Å². The normalized spacial score (nSPS) is 13.2. The first-order valence-electron chi connectivity index (χ1n) is 11.7. The van der Waals surface area contributed by atoms with E-state index in [0.717, 1.165) is 4.90 Å².